The van der Waals surface area contributed by atoms with Gasteiger partial charge in [0.2, 0.25) is 13.4 Å². The van der Waals surface area contributed by atoms with Crippen LogP contribution in [0.2, 0.25) is 0 Å². The summed E-state index contributed by atoms with van der Waals surface area (Å²) in [6.45, 7) is 26.9. The highest BCUT2D eigenvalue weighted by atomic mass is 14.8. The molecule has 0 aliphatic rings. The Labute approximate surface area is 301 Å². The van der Waals surface area contributed by atoms with Gasteiger partial charge in [-0.15, -0.1) is 0 Å². The molecule has 0 radical (unpaired) electrons. The molecule has 0 fully saturated rings. The van der Waals surface area contributed by atoms with Gasteiger partial charge >= 0.3 is 0 Å². The summed E-state index contributed by atoms with van der Waals surface area (Å²) in [5.41, 5.74) is 25.4. The monoisotopic (exact) mass is 652 g/mol. The van der Waals surface area contributed by atoms with Gasteiger partial charge in [-0.3, -0.25) is 9.97 Å². The molecule has 0 aliphatic heterocycles. The molecule has 2 nitrogen and oxygen atoms in total. The molecule has 0 unspecified atom stereocenters. The lowest BCUT2D eigenvalue weighted by Crippen LogP contribution is -2.56. The first-order valence-electron chi connectivity index (χ1n) is 18.0. The van der Waals surface area contributed by atoms with Crippen LogP contribution in [-0.4, -0.2) is 23.4 Å². The fourth-order valence-electron chi connectivity index (χ4n) is 9.00. The van der Waals surface area contributed by atoms with Crippen molar-refractivity contribution in [2.24, 2.45) is 0 Å². The third-order valence-electron chi connectivity index (χ3n) is 10.6. The van der Waals surface area contributed by atoms with Gasteiger partial charge in [0.15, 0.2) is 0 Å². The molecule has 250 valence electrons. The van der Waals surface area contributed by atoms with Crippen molar-refractivity contribution < 1.29 is 0 Å². The minimum absolute atomic E-state index is 0.0934. The van der Waals surface area contributed by atoms with Crippen molar-refractivity contribution in [3.8, 4) is 11.4 Å². The number of nitrogens with zero attached hydrogens (tertiary/aromatic N) is 2. The average Bonchev–Trinajstić information content (AvgIpc) is 3.02. The van der Waals surface area contributed by atoms with E-state index in [0.717, 1.165) is 11.4 Å². The van der Waals surface area contributed by atoms with Gasteiger partial charge in [0, 0.05) is 12.4 Å². The number of pyridine rings is 2. The van der Waals surface area contributed by atoms with E-state index in [-0.39, 0.29) is 13.4 Å². The van der Waals surface area contributed by atoms with E-state index in [0.29, 0.717) is 0 Å². The van der Waals surface area contributed by atoms with Crippen LogP contribution in [0.3, 0.4) is 0 Å². The third kappa shape index (κ3) is 6.73. The first kappa shape index (κ1) is 35.1. The second-order valence-electron chi connectivity index (χ2n) is 15.1. The lowest BCUT2D eigenvalue weighted by molar-refractivity contribution is 1.26. The fourth-order valence-corrected chi connectivity index (χ4v) is 9.00. The molecule has 2 heterocycles. The van der Waals surface area contributed by atoms with E-state index in [4.69, 9.17) is 9.97 Å². The van der Waals surface area contributed by atoms with Crippen LogP contribution in [0.1, 0.15) is 66.8 Å². The number of aryl methyl sites for hydroxylation is 12. The summed E-state index contributed by atoms with van der Waals surface area (Å²) < 4.78 is 0. The van der Waals surface area contributed by atoms with Crippen molar-refractivity contribution >= 4 is 46.2 Å². The van der Waals surface area contributed by atoms with Crippen LogP contribution in [0, 0.1) is 83.1 Å². The Morgan fingerprint density at radius 3 is 0.720 bits per heavy atom. The molecule has 6 rings (SSSR count). The van der Waals surface area contributed by atoms with Crippen molar-refractivity contribution in [3.05, 3.63) is 152 Å². The van der Waals surface area contributed by atoms with Crippen LogP contribution < -0.4 is 32.8 Å². The zero-order valence-electron chi connectivity index (χ0n) is 32.1. The van der Waals surface area contributed by atoms with E-state index in [1.54, 1.807) is 0 Å². The van der Waals surface area contributed by atoms with E-state index in [9.17, 15) is 0 Å². The molecule has 0 amide bonds. The molecule has 0 aliphatic carbocycles. The van der Waals surface area contributed by atoms with Gasteiger partial charge in [0.1, 0.15) is 0 Å². The Kier molecular flexibility index (Phi) is 9.78. The summed E-state index contributed by atoms with van der Waals surface area (Å²) >= 11 is 0. The number of hydrogen-bond acceptors (Lipinski definition) is 2. The highest BCUT2D eigenvalue weighted by Crippen LogP contribution is 2.17. The molecular weight excluding hydrogens is 602 g/mol. The van der Waals surface area contributed by atoms with Gasteiger partial charge in [-0.05, 0) is 95.2 Å². The third-order valence-corrected chi connectivity index (χ3v) is 10.6. The molecule has 0 spiro atoms. The second kappa shape index (κ2) is 13.9. The van der Waals surface area contributed by atoms with Crippen LogP contribution in [0.25, 0.3) is 11.4 Å². The largest absolute Gasteiger partial charge is 0.255 e. The van der Waals surface area contributed by atoms with Gasteiger partial charge in [-0.2, -0.15) is 0 Å². The Morgan fingerprint density at radius 2 is 0.540 bits per heavy atom. The number of benzene rings is 4. The number of aromatic nitrogens is 2. The normalized spacial score (nSPS) is 11.2. The van der Waals surface area contributed by atoms with Gasteiger partial charge in [0.05, 0.1) is 11.4 Å². The SMILES string of the molecule is Cc1cc(C)c(B(c2ccc(-c3ccc(B(c4c(C)cc(C)cc4C)c4c(C)cc(C)cc4C)cn3)nc2)c2c(C)cc(C)cc2C)c(C)c1. The molecule has 0 saturated carbocycles. The number of rotatable bonds is 7. The van der Waals surface area contributed by atoms with E-state index in [1.807, 2.05) is 0 Å². The molecule has 4 heteroatoms. The highest BCUT2D eigenvalue weighted by molar-refractivity contribution is 6.97. The topological polar surface area (TPSA) is 25.8 Å². The first-order chi connectivity index (χ1) is 23.7. The Bertz CT molecular complexity index is 1860. The molecular formula is C46H50B2N2. The predicted molar refractivity (Wildman–Crippen MR) is 219 cm³/mol. The minimum atomic E-state index is 0.0934. The van der Waals surface area contributed by atoms with E-state index >= 15 is 0 Å². The van der Waals surface area contributed by atoms with Crippen LogP contribution in [0.4, 0.5) is 0 Å². The van der Waals surface area contributed by atoms with Gasteiger partial charge in [-0.25, -0.2) is 0 Å². The van der Waals surface area contributed by atoms with E-state index in [2.05, 4.69) is 168 Å². The molecule has 50 heavy (non-hydrogen) atoms. The van der Waals surface area contributed by atoms with Gasteiger partial charge in [-0.1, -0.05) is 160 Å². The molecule has 2 aromatic heterocycles. The summed E-state index contributed by atoms with van der Waals surface area (Å²) in [5.74, 6) is 0. The average molecular weight is 653 g/mol. The molecule has 0 saturated heterocycles. The van der Waals surface area contributed by atoms with Crippen LogP contribution >= 0.6 is 0 Å². The molecule has 0 bridgehead atoms. The lowest BCUT2D eigenvalue weighted by Gasteiger charge is -2.25. The first-order valence-corrected chi connectivity index (χ1v) is 18.0. The van der Waals surface area contributed by atoms with Crippen molar-refractivity contribution in [1.29, 1.82) is 0 Å². The van der Waals surface area contributed by atoms with Crippen molar-refractivity contribution in [1.82, 2.24) is 9.97 Å². The molecule has 4 aromatic carbocycles. The lowest BCUT2D eigenvalue weighted by atomic mass is 9.34. The second-order valence-corrected chi connectivity index (χ2v) is 15.1. The zero-order valence-corrected chi connectivity index (χ0v) is 32.1. The van der Waals surface area contributed by atoms with Crippen molar-refractivity contribution in [3.63, 3.8) is 0 Å². The smallest absolute Gasteiger partial charge is 0.244 e. The summed E-state index contributed by atoms with van der Waals surface area (Å²) in [4.78, 5) is 10.2. The molecule has 6 aromatic rings. The minimum Gasteiger partial charge on any atom is -0.255 e. The van der Waals surface area contributed by atoms with Gasteiger partial charge in [0.25, 0.3) is 0 Å². The Balaban J connectivity index is 1.43. The predicted octanol–water partition coefficient (Wildman–Crippen LogP) is 6.88. The van der Waals surface area contributed by atoms with Crippen LogP contribution in [-0.2, 0) is 0 Å². The Hall–Kier alpha value is -4.69. The van der Waals surface area contributed by atoms with E-state index < -0.39 is 0 Å². The van der Waals surface area contributed by atoms with Crippen molar-refractivity contribution in [2.45, 2.75) is 83.1 Å². The zero-order chi connectivity index (χ0) is 36.0. The summed E-state index contributed by atoms with van der Waals surface area (Å²) in [7, 11) is 0. The summed E-state index contributed by atoms with van der Waals surface area (Å²) in [6.07, 6.45) is 4.15. The number of hydrogen-bond donors (Lipinski definition) is 0. The quantitative estimate of drug-likeness (QED) is 0.176. The highest BCUT2D eigenvalue weighted by Gasteiger charge is 2.30. The maximum atomic E-state index is 5.08. The Morgan fingerprint density at radius 1 is 0.320 bits per heavy atom. The molecule has 0 atom stereocenters. The van der Waals surface area contributed by atoms with Crippen LogP contribution in [0.5, 0.6) is 0 Å². The fraction of sp³-hybridized carbons (Fsp3) is 0.261. The maximum absolute atomic E-state index is 5.08. The summed E-state index contributed by atoms with van der Waals surface area (Å²) in [5, 5.41) is 0. The molecule has 0 N–H and O–H groups in total. The van der Waals surface area contributed by atoms with Gasteiger partial charge < -0.3 is 0 Å². The van der Waals surface area contributed by atoms with Crippen LogP contribution in [0.15, 0.2) is 85.2 Å². The maximum Gasteiger partial charge on any atom is 0.244 e. The van der Waals surface area contributed by atoms with E-state index in [1.165, 1.54) is 99.5 Å². The standard InChI is InChI=1S/C46H50B2N2/c1-27-17-31(5)43(32(6)18-27)47(44-33(7)19-28(2)20-34(44)8)39-13-15-41(49-25-39)42-16-14-40(26-50-42)48(45-35(9)21-29(3)22-36(45)10)46-37(11)23-30(4)24-38(46)12/h13-26H,1-12H3. The summed E-state index contributed by atoms with van der Waals surface area (Å²) in [6, 6.07) is 27.3. The van der Waals surface area contributed by atoms with Crippen molar-refractivity contribution in [2.75, 3.05) is 0 Å².